The largest absolute Gasteiger partial charge is 0.343 e. The highest BCUT2D eigenvalue weighted by Crippen LogP contribution is 2.27. The van der Waals surface area contributed by atoms with Crippen LogP contribution in [0.2, 0.25) is 0 Å². The number of aromatic amines is 1. The molecule has 0 aliphatic carbocycles. The number of aromatic nitrogens is 2. The van der Waals surface area contributed by atoms with Gasteiger partial charge in [0.2, 0.25) is 11.8 Å². The van der Waals surface area contributed by atoms with Gasteiger partial charge in [0.15, 0.2) is 0 Å². The van der Waals surface area contributed by atoms with Gasteiger partial charge in [-0.25, -0.2) is 0 Å². The van der Waals surface area contributed by atoms with E-state index in [0.717, 1.165) is 61.4 Å². The van der Waals surface area contributed by atoms with Crippen LogP contribution in [0.5, 0.6) is 0 Å². The van der Waals surface area contributed by atoms with E-state index in [9.17, 15) is 9.59 Å². The van der Waals surface area contributed by atoms with Gasteiger partial charge in [0.25, 0.3) is 0 Å². The lowest BCUT2D eigenvalue weighted by atomic mass is 9.90. The fourth-order valence-corrected chi connectivity index (χ4v) is 5.94. The zero-order chi connectivity index (χ0) is 25.6. The SMILES string of the molecule is CC(=O)N1CCC(C(=O)N(CCCN2CCC(Cc3ccccc3)CC2)c2ccc3cn[nH]c3c2)CC1.Cl. The lowest BCUT2D eigenvalue weighted by Crippen LogP contribution is -2.45. The minimum Gasteiger partial charge on any atom is -0.343 e. The highest BCUT2D eigenvalue weighted by atomic mass is 35.5. The molecular weight excluding hydrogens is 498 g/mol. The summed E-state index contributed by atoms with van der Waals surface area (Å²) in [7, 11) is 0. The number of nitrogens with one attached hydrogen (secondary N) is 1. The summed E-state index contributed by atoms with van der Waals surface area (Å²) >= 11 is 0. The number of carbonyl (C=O) groups excluding carboxylic acids is 2. The average Bonchev–Trinajstić information content (AvgIpc) is 3.40. The predicted octanol–water partition coefficient (Wildman–Crippen LogP) is 4.92. The van der Waals surface area contributed by atoms with Crippen molar-refractivity contribution in [2.24, 2.45) is 11.8 Å². The maximum atomic E-state index is 13.7. The van der Waals surface area contributed by atoms with Crippen molar-refractivity contribution in [3.63, 3.8) is 0 Å². The van der Waals surface area contributed by atoms with Crippen LogP contribution < -0.4 is 4.90 Å². The number of halogens is 1. The van der Waals surface area contributed by atoms with Crippen molar-refractivity contribution in [2.45, 2.75) is 45.4 Å². The molecule has 7 nitrogen and oxygen atoms in total. The first kappa shape index (κ1) is 28.1. The van der Waals surface area contributed by atoms with Gasteiger partial charge in [-0.2, -0.15) is 5.10 Å². The first-order chi connectivity index (χ1) is 18.1. The number of hydrogen-bond acceptors (Lipinski definition) is 4. The monoisotopic (exact) mass is 537 g/mol. The number of likely N-dealkylation sites (tertiary alicyclic amines) is 2. The van der Waals surface area contributed by atoms with Gasteiger partial charge in [0.05, 0.1) is 11.7 Å². The summed E-state index contributed by atoms with van der Waals surface area (Å²) in [5.74, 6) is 1.00. The standard InChI is InChI=1S/C30H39N5O2.ClH/c1-23(36)34-18-12-26(13-19-34)30(37)35(28-9-8-27-22-31-32-29(27)21-28)15-5-14-33-16-10-25(11-17-33)20-24-6-3-2-4-7-24;/h2-4,6-9,21-22,25-26H,5,10-20H2,1H3,(H,31,32);1H. The van der Waals surface area contributed by atoms with Crippen LogP contribution in [0.1, 0.15) is 44.6 Å². The fourth-order valence-electron chi connectivity index (χ4n) is 5.94. The second-order valence-electron chi connectivity index (χ2n) is 10.7. The summed E-state index contributed by atoms with van der Waals surface area (Å²) in [6.07, 6.45) is 7.87. The summed E-state index contributed by atoms with van der Waals surface area (Å²) in [6, 6.07) is 16.9. The normalized spacial score (nSPS) is 17.3. The van der Waals surface area contributed by atoms with Crippen molar-refractivity contribution < 1.29 is 9.59 Å². The number of H-pyrrole nitrogens is 1. The third-order valence-electron chi connectivity index (χ3n) is 8.22. The van der Waals surface area contributed by atoms with Gasteiger partial charge in [-0.1, -0.05) is 30.3 Å². The highest BCUT2D eigenvalue weighted by molar-refractivity contribution is 5.97. The number of carbonyl (C=O) groups is 2. The molecule has 2 amide bonds. The van der Waals surface area contributed by atoms with E-state index in [1.807, 2.05) is 34.2 Å². The van der Waals surface area contributed by atoms with E-state index in [0.29, 0.717) is 19.6 Å². The molecule has 2 aliphatic heterocycles. The van der Waals surface area contributed by atoms with Crippen molar-refractivity contribution in [1.82, 2.24) is 20.0 Å². The molecule has 0 atom stereocenters. The van der Waals surface area contributed by atoms with Crippen molar-refractivity contribution in [3.05, 3.63) is 60.3 Å². The Morgan fingerprint density at radius 2 is 1.74 bits per heavy atom. The Labute approximate surface area is 232 Å². The summed E-state index contributed by atoms with van der Waals surface area (Å²) in [5, 5.41) is 8.23. The van der Waals surface area contributed by atoms with Crippen LogP contribution in [0.4, 0.5) is 5.69 Å². The number of hydrogen-bond donors (Lipinski definition) is 1. The Bertz CT molecular complexity index is 1180. The van der Waals surface area contributed by atoms with E-state index < -0.39 is 0 Å². The van der Waals surface area contributed by atoms with E-state index in [1.54, 1.807) is 6.92 Å². The number of piperidine rings is 2. The molecule has 204 valence electrons. The molecule has 2 aliphatic rings. The zero-order valence-corrected chi connectivity index (χ0v) is 23.2. The van der Waals surface area contributed by atoms with Crippen LogP contribution in [0.15, 0.2) is 54.7 Å². The molecule has 5 rings (SSSR count). The van der Waals surface area contributed by atoms with Gasteiger partial charge in [0, 0.05) is 43.5 Å². The first-order valence-corrected chi connectivity index (χ1v) is 13.8. The van der Waals surface area contributed by atoms with Crippen LogP contribution in [0.3, 0.4) is 0 Å². The zero-order valence-electron chi connectivity index (χ0n) is 22.3. The number of nitrogens with zero attached hydrogens (tertiary/aromatic N) is 4. The number of benzene rings is 2. The molecule has 0 saturated carbocycles. The van der Waals surface area contributed by atoms with Gasteiger partial charge in [-0.15, -0.1) is 12.4 Å². The van der Waals surface area contributed by atoms with Crippen LogP contribution in [-0.2, 0) is 16.0 Å². The number of rotatable bonds is 8. The third kappa shape index (κ3) is 6.94. The van der Waals surface area contributed by atoms with E-state index >= 15 is 0 Å². The van der Waals surface area contributed by atoms with Gasteiger partial charge < -0.3 is 14.7 Å². The summed E-state index contributed by atoms with van der Waals surface area (Å²) in [4.78, 5) is 31.9. The second kappa shape index (κ2) is 13.3. The minimum atomic E-state index is -0.0400. The smallest absolute Gasteiger partial charge is 0.230 e. The molecule has 2 fully saturated rings. The molecule has 8 heteroatoms. The molecule has 38 heavy (non-hydrogen) atoms. The highest BCUT2D eigenvalue weighted by Gasteiger charge is 2.30. The van der Waals surface area contributed by atoms with Gasteiger partial charge in [-0.3, -0.25) is 14.7 Å². The van der Waals surface area contributed by atoms with Crippen LogP contribution in [0, 0.1) is 11.8 Å². The van der Waals surface area contributed by atoms with Crippen molar-refractivity contribution in [2.75, 3.05) is 44.2 Å². The van der Waals surface area contributed by atoms with Crippen molar-refractivity contribution >= 4 is 40.8 Å². The Kier molecular flexibility index (Phi) is 9.80. The van der Waals surface area contributed by atoms with E-state index in [-0.39, 0.29) is 30.1 Å². The predicted molar refractivity (Wildman–Crippen MR) is 155 cm³/mol. The summed E-state index contributed by atoms with van der Waals surface area (Å²) in [5.41, 5.74) is 3.32. The lowest BCUT2D eigenvalue weighted by Gasteiger charge is -2.35. The topological polar surface area (TPSA) is 72.5 Å². The molecule has 3 aromatic rings. The summed E-state index contributed by atoms with van der Waals surface area (Å²) < 4.78 is 0. The average molecular weight is 538 g/mol. The maximum absolute atomic E-state index is 13.7. The Balaban J connectivity index is 0.00000336. The molecule has 1 N–H and O–H groups in total. The van der Waals surface area contributed by atoms with Gasteiger partial charge in [0.1, 0.15) is 0 Å². The lowest BCUT2D eigenvalue weighted by molar-refractivity contribution is -0.133. The molecule has 3 heterocycles. The number of anilines is 1. The van der Waals surface area contributed by atoms with Gasteiger partial charge in [-0.05, 0) is 87.8 Å². The summed E-state index contributed by atoms with van der Waals surface area (Å²) in [6.45, 7) is 6.92. The first-order valence-electron chi connectivity index (χ1n) is 13.8. The van der Waals surface area contributed by atoms with E-state index in [2.05, 4.69) is 45.4 Å². The fraction of sp³-hybridized carbons (Fsp3) is 0.500. The molecule has 0 spiro atoms. The Morgan fingerprint density at radius 3 is 2.45 bits per heavy atom. The molecular formula is C30H40ClN5O2. The molecule has 0 radical (unpaired) electrons. The minimum absolute atomic E-state index is 0. The number of amides is 2. The van der Waals surface area contributed by atoms with E-state index in [4.69, 9.17) is 0 Å². The van der Waals surface area contributed by atoms with Gasteiger partial charge >= 0.3 is 0 Å². The Morgan fingerprint density at radius 1 is 1.00 bits per heavy atom. The molecule has 0 bridgehead atoms. The third-order valence-corrected chi connectivity index (χ3v) is 8.22. The molecule has 1 aromatic heterocycles. The molecule has 2 saturated heterocycles. The number of fused-ring (bicyclic) bond motifs is 1. The van der Waals surface area contributed by atoms with Crippen LogP contribution in [0.25, 0.3) is 10.9 Å². The molecule has 2 aromatic carbocycles. The van der Waals surface area contributed by atoms with Crippen molar-refractivity contribution in [1.29, 1.82) is 0 Å². The van der Waals surface area contributed by atoms with Crippen molar-refractivity contribution in [3.8, 4) is 0 Å². The Hall–Kier alpha value is -2.90. The quantitative estimate of drug-likeness (QED) is 0.442. The van der Waals surface area contributed by atoms with Crippen LogP contribution >= 0.6 is 12.4 Å². The molecule has 0 unspecified atom stereocenters. The second-order valence-corrected chi connectivity index (χ2v) is 10.7. The van der Waals surface area contributed by atoms with Crippen LogP contribution in [-0.4, -0.2) is 71.1 Å². The maximum Gasteiger partial charge on any atom is 0.230 e. The van der Waals surface area contributed by atoms with E-state index in [1.165, 1.54) is 24.8 Å².